The summed E-state index contributed by atoms with van der Waals surface area (Å²) in [6.07, 6.45) is 1.63. The quantitative estimate of drug-likeness (QED) is 0.639. The van der Waals surface area contributed by atoms with Crippen molar-refractivity contribution in [3.63, 3.8) is 0 Å². The van der Waals surface area contributed by atoms with Crippen molar-refractivity contribution in [3.05, 3.63) is 0 Å². The molecule has 0 saturated carbocycles. The molecule has 0 aromatic carbocycles. The maximum Gasteiger partial charge on any atom is 0.0446 e. The summed E-state index contributed by atoms with van der Waals surface area (Å²) in [5, 5.41) is 12.1. The predicted octanol–water partition coefficient (Wildman–Crippen LogP) is 0.504. The molecule has 0 aromatic rings. The Morgan fingerprint density at radius 3 is 2.54 bits per heavy atom. The van der Waals surface area contributed by atoms with E-state index < -0.39 is 10.8 Å². The van der Waals surface area contributed by atoms with E-state index in [9.17, 15) is 4.21 Å². The Kier molecular flexibility index (Phi) is 7.51. The number of aliphatic hydroxyl groups excluding tert-OH is 1. The highest BCUT2D eigenvalue weighted by atomic mass is 32.2. The third-order valence-electron chi connectivity index (χ3n) is 2.27. The molecule has 13 heavy (non-hydrogen) atoms. The van der Waals surface area contributed by atoms with E-state index >= 15 is 0 Å². The van der Waals surface area contributed by atoms with E-state index in [-0.39, 0.29) is 17.9 Å². The van der Waals surface area contributed by atoms with Gasteiger partial charge in [0.05, 0.1) is 0 Å². The van der Waals surface area contributed by atoms with Crippen LogP contribution in [0.4, 0.5) is 0 Å². The van der Waals surface area contributed by atoms with Crippen LogP contribution in [0, 0.1) is 0 Å². The molecule has 0 spiro atoms. The molecular weight excluding hydrogens is 186 g/mol. The fourth-order valence-electron chi connectivity index (χ4n) is 1.02. The molecule has 0 radical (unpaired) electrons. The second-order valence-corrected chi connectivity index (χ2v) is 5.16. The van der Waals surface area contributed by atoms with Crippen molar-refractivity contribution >= 4 is 10.8 Å². The largest absolute Gasteiger partial charge is 0.396 e. The summed E-state index contributed by atoms with van der Waals surface area (Å²) in [5.74, 6) is 0.645. The number of hydrogen-bond donors (Lipinski definition) is 2. The van der Waals surface area contributed by atoms with Crippen molar-refractivity contribution in [2.45, 2.75) is 38.0 Å². The van der Waals surface area contributed by atoms with Crippen LogP contribution in [0.25, 0.3) is 0 Å². The SMILES string of the molecule is CCC(C)S(=O)CC(CCO)NC. The molecule has 0 amide bonds. The van der Waals surface area contributed by atoms with Crippen LogP contribution in [0.15, 0.2) is 0 Å². The molecule has 0 aliphatic rings. The van der Waals surface area contributed by atoms with Crippen molar-refractivity contribution in [1.82, 2.24) is 5.32 Å². The fraction of sp³-hybridized carbons (Fsp3) is 1.00. The van der Waals surface area contributed by atoms with Crippen LogP contribution in [-0.4, -0.2) is 40.0 Å². The third kappa shape index (κ3) is 5.39. The summed E-state index contributed by atoms with van der Waals surface area (Å²) < 4.78 is 11.6. The molecular formula is C9H21NO2S. The van der Waals surface area contributed by atoms with E-state index in [0.717, 1.165) is 6.42 Å². The maximum absolute atomic E-state index is 11.6. The summed E-state index contributed by atoms with van der Waals surface area (Å²) in [7, 11) is 1.07. The van der Waals surface area contributed by atoms with E-state index in [1.807, 2.05) is 20.9 Å². The van der Waals surface area contributed by atoms with Gasteiger partial charge in [0.15, 0.2) is 0 Å². The molecule has 4 heteroatoms. The Morgan fingerprint density at radius 2 is 2.15 bits per heavy atom. The van der Waals surface area contributed by atoms with Crippen LogP contribution in [0.2, 0.25) is 0 Å². The van der Waals surface area contributed by atoms with Crippen LogP contribution in [0.1, 0.15) is 26.7 Å². The predicted molar refractivity (Wildman–Crippen MR) is 57.3 cm³/mol. The molecule has 80 valence electrons. The van der Waals surface area contributed by atoms with Crippen molar-refractivity contribution in [2.24, 2.45) is 0 Å². The summed E-state index contributed by atoms with van der Waals surface area (Å²) in [6, 6.07) is 0.180. The second-order valence-electron chi connectivity index (χ2n) is 3.26. The van der Waals surface area contributed by atoms with Gasteiger partial charge < -0.3 is 10.4 Å². The van der Waals surface area contributed by atoms with Gasteiger partial charge in [-0.1, -0.05) is 13.8 Å². The van der Waals surface area contributed by atoms with Gasteiger partial charge in [0.2, 0.25) is 0 Å². The van der Waals surface area contributed by atoms with Crippen LogP contribution in [0.3, 0.4) is 0 Å². The van der Waals surface area contributed by atoms with Gasteiger partial charge in [-0.3, -0.25) is 4.21 Å². The second kappa shape index (κ2) is 7.47. The third-order valence-corrected chi connectivity index (χ3v) is 4.24. The van der Waals surface area contributed by atoms with Crippen molar-refractivity contribution in [3.8, 4) is 0 Å². The van der Waals surface area contributed by atoms with Crippen LogP contribution in [0.5, 0.6) is 0 Å². The first-order valence-electron chi connectivity index (χ1n) is 4.81. The number of hydrogen-bond acceptors (Lipinski definition) is 3. The average Bonchev–Trinajstić information content (AvgIpc) is 2.15. The lowest BCUT2D eigenvalue weighted by atomic mass is 10.2. The minimum atomic E-state index is -0.770. The Morgan fingerprint density at radius 1 is 1.54 bits per heavy atom. The van der Waals surface area contributed by atoms with Gasteiger partial charge in [-0.2, -0.15) is 0 Å². The lowest BCUT2D eigenvalue weighted by Crippen LogP contribution is -2.34. The molecule has 0 heterocycles. The number of nitrogens with one attached hydrogen (secondary N) is 1. The van der Waals surface area contributed by atoms with Crippen molar-refractivity contribution in [1.29, 1.82) is 0 Å². The number of aliphatic hydroxyl groups is 1. The molecule has 0 aliphatic heterocycles. The first-order valence-corrected chi connectivity index (χ1v) is 6.19. The van der Waals surface area contributed by atoms with Gasteiger partial charge in [0, 0.05) is 34.5 Å². The Balaban J connectivity index is 3.85. The monoisotopic (exact) mass is 207 g/mol. The van der Waals surface area contributed by atoms with E-state index in [1.54, 1.807) is 0 Å². The van der Waals surface area contributed by atoms with Crippen LogP contribution in [-0.2, 0) is 10.8 Å². The lowest BCUT2D eigenvalue weighted by Gasteiger charge is -2.16. The molecule has 0 rings (SSSR count). The minimum Gasteiger partial charge on any atom is -0.396 e. The topological polar surface area (TPSA) is 49.3 Å². The van der Waals surface area contributed by atoms with Gasteiger partial charge in [0.25, 0.3) is 0 Å². The van der Waals surface area contributed by atoms with Crippen LogP contribution >= 0.6 is 0 Å². The molecule has 0 bridgehead atoms. The first-order chi connectivity index (χ1) is 6.15. The Labute approximate surface area is 83.4 Å². The molecule has 0 aromatic heterocycles. The van der Waals surface area contributed by atoms with Gasteiger partial charge in [0.1, 0.15) is 0 Å². The highest BCUT2D eigenvalue weighted by Crippen LogP contribution is 2.04. The van der Waals surface area contributed by atoms with Gasteiger partial charge >= 0.3 is 0 Å². The van der Waals surface area contributed by atoms with Crippen molar-refractivity contribution < 1.29 is 9.32 Å². The highest BCUT2D eigenvalue weighted by Gasteiger charge is 2.14. The van der Waals surface area contributed by atoms with Gasteiger partial charge in [-0.15, -0.1) is 0 Å². The molecule has 3 atom stereocenters. The zero-order chi connectivity index (χ0) is 10.3. The van der Waals surface area contributed by atoms with E-state index in [4.69, 9.17) is 5.11 Å². The first kappa shape index (κ1) is 13.1. The molecule has 3 unspecified atom stereocenters. The molecule has 0 saturated heterocycles. The van der Waals surface area contributed by atoms with Crippen LogP contribution < -0.4 is 5.32 Å². The van der Waals surface area contributed by atoms with Gasteiger partial charge in [-0.25, -0.2) is 0 Å². The summed E-state index contributed by atoms with van der Waals surface area (Å²) >= 11 is 0. The summed E-state index contributed by atoms with van der Waals surface area (Å²) in [4.78, 5) is 0. The summed E-state index contributed by atoms with van der Waals surface area (Å²) in [6.45, 7) is 4.20. The molecule has 0 aliphatic carbocycles. The minimum absolute atomic E-state index is 0.156. The lowest BCUT2D eigenvalue weighted by molar-refractivity contribution is 0.272. The Hall–Kier alpha value is 0.0700. The van der Waals surface area contributed by atoms with E-state index in [0.29, 0.717) is 12.2 Å². The zero-order valence-corrected chi connectivity index (χ0v) is 9.56. The molecule has 3 nitrogen and oxygen atoms in total. The average molecular weight is 207 g/mol. The highest BCUT2D eigenvalue weighted by molar-refractivity contribution is 7.85. The Bertz CT molecular complexity index is 153. The number of rotatable bonds is 7. The molecule has 2 N–H and O–H groups in total. The van der Waals surface area contributed by atoms with E-state index in [2.05, 4.69) is 5.32 Å². The zero-order valence-electron chi connectivity index (χ0n) is 8.75. The molecule has 0 fully saturated rings. The smallest absolute Gasteiger partial charge is 0.0446 e. The summed E-state index contributed by atoms with van der Waals surface area (Å²) in [5.41, 5.74) is 0. The van der Waals surface area contributed by atoms with Crippen molar-refractivity contribution in [2.75, 3.05) is 19.4 Å². The fourth-order valence-corrected chi connectivity index (χ4v) is 2.45. The van der Waals surface area contributed by atoms with E-state index in [1.165, 1.54) is 0 Å². The standard InChI is InChI=1S/C9H21NO2S/c1-4-8(2)13(12)7-9(10-3)5-6-11/h8-11H,4-7H2,1-3H3. The maximum atomic E-state index is 11.6. The van der Waals surface area contributed by atoms with Gasteiger partial charge in [-0.05, 0) is 19.9 Å². The normalized spacial score (nSPS) is 18.2.